The molecule has 4 nitrogen and oxygen atoms in total. The van der Waals surface area contributed by atoms with E-state index in [9.17, 15) is 0 Å². The van der Waals surface area contributed by atoms with Gasteiger partial charge in [-0.15, -0.1) is 0 Å². The van der Waals surface area contributed by atoms with Gasteiger partial charge in [0.1, 0.15) is 0 Å². The molecule has 0 radical (unpaired) electrons. The first-order valence-electron chi connectivity index (χ1n) is 4.04. The molecule has 1 aromatic heterocycles. The highest BCUT2D eigenvalue weighted by Gasteiger charge is 1.98. The zero-order valence-electron chi connectivity index (χ0n) is 7.42. The number of rotatable bonds is 4. The van der Waals surface area contributed by atoms with Crippen molar-refractivity contribution in [2.24, 2.45) is 0 Å². The van der Waals surface area contributed by atoms with Gasteiger partial charge in [-0.3, -0.25) is 0 Å². The first kappa shape index (κ1) is 10.4. The van der Waals surface area contributed by atoms with E-state index in [1.165, 1.54) is 0 Å². The van der Waals surface area contributed by atoms with Gasteiger partial charge in [0, 0.05) is 18.8 Å². The van der Waals surface area contributed by atoms with Crippen molar-refractivity contribution >= 4 is 11.6 Å². The van der Waals surface area contributed by atoms with Gasteiger partial charge in [0.05, 0.1) is 12.3 Å². The number of aromatic nitrogens is 2. The van der Waals surface area contributed by atoms with Crippen molar-refractivity contribution in [3.63, 3.8) is 0 Å². The molecule has 0 aromatic carbocycles. The lowest BCUT2D eigenvalue weighted by atomic mass is 10.3. The van der Waals surface area contributed by atoms with Crippen LogP contribution in [0.25, 0.3) is 0 Å². The Balaban J connectivity index is 2.56. The van der Waals surface area contributed by atoms with Crippen LogP contribution in [0.1, 0.15) is 11.4 Å². The zero-order chi connectivity index (χ0) is 9.68. The predicted molar refractivity (Wildman–Crippen MR) is 50.6 cm³/mol. The molecule has 1 rings (SSSR count). The maximum absolute atomic E-state index is 8.53. The third-order valence-corrected chi connectivity index (χ3v) is 1.64. The number of nitrogens with zero attached hydrogens (tertiary/aromatic N) is 2. The van der Waals surface area contributed by atoms with E-state index >= 15 is 0 Å². The fourth-order valence-electron chi connectivity index (χ4n) is 0.981. The third kappa shape index (κ3) is 3.67. The van der Waals surface area contributed by atoms with E-state index < -0.39 is 0 Å². The molecule has 5 heteroatoms. The lowest BCUT2D eigenvalue weighted by Gasteiger charge is -2.03. The summed E-state index contributed by atoms with van der Waals surface area (Å²) in [5, 5.41) is 11.8. The molecule has 0 aliphatic heterocycles. The molecule has 0 saturated heterocycles. The first-order valence-corrected chi connectivity index (χ1v) is 4.42. The molecule has 13 heavy (non-hydrogen) atoms. The molecule has 0 saturated carbocycles. The summed E-state index contributed by atoms with van der Waals surface area (Å²) < 4.78 is 0. The Bertz CT molecular complexity index is 260. The Hall–Kier alpha value is -0.710. The molecule has 0 aliphatic rings. The van der Waals surface area contributed by atoms with E-state index in [1.807, 2.05) is 13.0 Å². The van der Waals surface area contributed by atoms with Crippen molar-refractivity contribution in [1.29, 1.82) is 0 Å². The number of nitrogens with one attached hydrogen (secondary N) is 1. The molecule has 0 amide bonds. The highest BCUT2D eigenvalue weighted by molar-refractivity contribution is 6.28. The van der Waals surface area contributed by atoms with Gasteiger partial charge in [0.25, 0.3) is 0 Å². The van der Waals surface area contributed by atoms with Gasteiger partial charge in [0.2, 0.25) is 5.28 Å². The molecule has 0 fully saturated rings. The quantitative estimate of drug-likeness (QED) is 0.551. The summed E-state index contributed by atoms with van der Waals surface area (Å²) >= 11 is 5.66. The van der Waals surface area contributed by atoms with Crippen LogP contribution < -0.4 is 5.32 Å². The van der Waals surface area contributed by atoms with Crippen molar-refractivity contribution in [2.45, 2.75) is 13.5 Å². The maximum Gasteiger partial charge on any atom is 0.222 e. The first-order chi connectivity index (χ1) is 6.22. The van der Waals surface area contributed by atoms with Gasteiger partial charge < -0.3 is 10.4 Å². The Morgan fingerprint density at radius 2 is 2.31 bits per heavy atom. The van der Waals surface area contributed by atoms with Crippen LogP contribution in [-0.4, -0.2) is 28.2 Å². The van der Waals surface area contributed by atoms with Crippen molar-refractivity contribution in [2.75, 3.05) is 13.2 Å². The second-order valence-electron chi connectivity index (χ2n) is 2.67. The van der Waals surface area contributed by atoms with E-state index in [1.54, 1.807) is 0 Å². The Labute approximate surface area is 82.0 Å². The molecule has 0 spiro atoms. The van der Waals surface area contributed by atoms with Crippen molar-refractivity contribution < 1.29 is 5.11 Å². The van der Waals surface area contributed by atoms with Crippen molar-refractivity contribution in [3.8, 4) is 0 Å². The largest absolute Gasteiger partial charge is 0.395 e. The molecule has 0 aliphatic carbocycles. The van der Waals surface area contributed by atoms with E-state index in [2.05, 4.69) is 15.3 Å². The standard InChI is InChI=1S/C8H12ClN3O/c1-6-4-7(5-10-2-3-13)12-8(9)11-6/h4,10,13H,2-3,5H2,1H3. The lowest BCUT2D eigenvalue weighted by molar-refractivity contribution is 0.291. The minimum Gasteiger partial charge on any atom is -0.395 e. The molecule has 1 aromatic rings. The van der Waals surface area contributed by atoms with Crippen LogP contribution in [0.4, 0.5) is 0 Å². The normalized spacial score (nSPS) is 10.4. The van der Waals surface area contributed by atoms with Crippen LogP contribution in [0.5, 0.6) is 0 Å². The number of aliphatic hydroxyl groups is 1. The summed E-state index contributed by atoms with van der Waals surface area (Å²) in [6.07, 6.45) is 0. The van der Waals surface area contributed by atoms with Crippen LogP contribution in [-0.2, 0) is 6.54 Å². The molecule has 0 bridgehead atoms. The average Bonchev–Trinajstić information content (AvgIpc) is 2.03. The summed E-state index contributed by atoms with van der Waals surface area (Å²) in [4.78, 5) is 7.96. The second-order valence-corrected chi connectivity index (χ2v) is 3.01. The van der Waals surface area contributed by atoms with Gasteiger partial charge in [-0.2, -0.15) is 0 Å². The minimum atomic E-state index is 0.123. The lowest BCUT2D eigenvalue weighted by Crippen LogP contribution is -2.18. The summed E-state index contributed by atoms with van der Waals surface area (Å²) in [7, 11) is 0. The van der Waals surface area contributed by atoms with E-state index in [-0.39, 0.29) is 11.9 Å². The smallest absolute Gasteiger partial charge is 0.222 e. The number of halogens is 1. The number of aliphatic hydroxyl groups excluding tert-OH is 1. The van der Waals surface area contributed by atoms with E-state index in [0.29, 0.717) is 13.1 Å². The summed E-state index contributed by atoms with van der Waals surface area (Å²) in [5.74, 6) is 0. The molecular weight excluding hydrogens is 190 g/mol. The van der Waals surface area contributed by atoms with Gasteiger partial charge in [-0.1, -0.05) is 0 Å². The minimum absolute atomic E-state index is 0.123. The molecule has 72 valence electrons. The fourth-order valence-corrected chi connectivity index (χ4v) is 1.22. The SMILES string of the molecule is Cc1cc(CNCCO)nc(Cl)n1. The molecule has 0 atom stereocenters. The highest BCUT2D eigenvalue weighted by Crippen LogP contribution is 2.04. The van der Waals surface area contributed by atoms with Gasteiger partial charge >= 0.3 is 0 Å². The monoisotopic (exact) mass is 201 g/mol. The predicted octanol–water partition coefficient (Wildman–Crippen LogP) is 0.520. The summed E-state index contributed by atoms with van der Waals surface area (Å²) in [6, 6.07) is 1.86. The van der Waals surface area contributed by atoms with Crippen LogP contribution in [0.2, 0.25) is 5.28 Å². The van der Waals surface area contributed by atoms with E-state index in [0.717, 1.165) is 11.4 Å². The second kappa shape index (κ2) is 5.11. The Morgan fingerprint density at radius 3 is 2.92 bits per heavy atom. The fraction of sp³-hybridized carbons (Fsp3) is 0.500. The summed E-state index contributed by atoms with van der Waals surface area (Å²) in [5.41, 5.74) is 1.69. The van der Waals surface area contributed by atoms with Crippen LogP contribution in [0, 0.1) is 6.92 Å². The third-order valence-electron chi connectivity index (χ3n) is 1.47. The Kier molecular flexibility index (Phi) is 4.08. The number of hydrogen-bond donors (Lipinski definition) is 2. The van der Waals surface area contributed by atoms with Gasteiger partial charge in [0.15, 0.2) is 0 Å². The maximum atomic E-state index is 8.53. The van der Waals surface area contributed by atoms with Crippen molar-refractivity contribution in [3.05, 3.63) is 22.7 Å². The van der Waals surface area contributed by atoms with Gasteiger partial charge in [-0.05, 0) is 24.6 Å². The Morgan fingerprint density at radius 1 is 1.54 bits per heavy atom. The van der Waals surface area contributed by atoms with E-state index in [4.69, 9.17) is 16.7 Å². The van der Waals surface area contributed by atoms with Gasteiger partial charge in [-0.25, -0.2) is 9.97 Å². The van der Waals surface area contributed by atoms with Crippen LogP contribution >= 0.6 is 11.6 Å². The highest BCUT2D eigenvalue weighted by atomic mass is 35.5. The molecule has 0 unspecified atom stereocenters. The average molecular weight is 202 g/mol. The molecule has 1 heterocycles. The van der Waals surface area contributed by atoms with Crippen LogP contribution in [0.15, 0.2) is 6.07 Å². The summed E-state index contributed by atoms with van der Waals surface area (Å²) in [6.45, 7) is 3.14. The molecule has 2 N–H and O–H groups in total. The number of aryl methyl sites for hydroxylation is 1. The van der Waals surface area contributed by atoms with Crippen LogP contribution in [0.3, 0.4) is 0 Å². The topological polar surface area (TPSA) is 58.0 Å². The number of hydrogen-bond acceptors (Lipinski definition) is 4. The molecular formula is C8H12ClN3O. The zero-order valence-corrected chi connectivity index (χ0v) is 8.17. The van der Waals surface area contributed by atoms with Crippen molar-refractivity contribution in [1.82, 2.24) is 15.3 Å².